The molecule has 114 valence electrons. The van der Waals surface area contributed by atoms with E-state index < -0.39 is 0 Å². The first-order valence-electron chi connectivity index (χ1n) is 8.74. The van der Waals surface area contributed by atoms with Gasteiger partial charge in [0.2, 0.25) is 0 Å². The Hall–Kier alpha value is -0.920. The van der Waals surface area contributed by atoms with Crippen molar-refractivity contribution in [3.63, 3.8) is 0 Å². The summed E-state index contributed by atoms with van der Waals surface area (Å²) in [4.78, 5) is 25.1. The minimum atomic E-state index is -0.117. The molecule has 0 saturated heterocycles. The second-order valence-corrected chi connectivity index (χ2v) is 8.35. The Morgan fingerprint density at radius 2 is 1.81 bits per heavy atom. The summed E-state index contributed by atoms with van der Waals surface area (Å²) in [5.74, 6) is 2.41. The molecular weight excluding hydrogens is 260 g/mol. The molecule has 0 amide bonds. The number of carbonyl (C=O) groups is 2. The molecule has 2 heteroatoms. The summed E-state index contributed by atoms with van der Waals surface area (Å²) in [6, 6.07) is 0. The molecule has 2 nitrogen and oxygen atoms in total. The summed E-state index contributed by atoms with van der Waals surface area (Å²) < 4.78 is 0. The van der Waals surface area contributed by atoms with Gasteiger partial charge in [-0.25, -0.2) is 0 Å². The van der Waals surface area contributed by atoms with Crippen LogP contribution in [0.3, 0.4) is 0 Å². The third-order valence-corrected chi connectivity index (χ3v) is 7.55. The van der Waals surface area contributed by atoms with E-state index in [0.717, 1.165) is 37.7 Å². The van der Waals surface area contributed by atoms with Gasteiger partial charge in [0.25, 0.3) is 0 Å². The maximum Gasteiger partial charge on any atom is 0.159 e. The highest BCUT2D eigenvalue weighted by molar-refractivity contribution is 5.98. The quantitative estimate of drug-likeness (QED) is 0.672. The Labute approximate surface area is 127 Å². The van der Waals surface area contributed by atoms with Gasteiger partial charge >= 0.3 is 0 Å². The SMILES string of the molecule is C[C@]12CCCC=C1C(=O)CC1C2CC[C@]2(C)C(=O)CCC12. The second-order valence-electron chi connectivity index (χ2n) is 8.35. The van der Waals surface area contributed by atoms with E-state index in [4.69, 9.17) is 0 Å². The van der Waals surface area contributed by atoms with Crippen LogP contribution in [0.5, 0.6) is 0 Å². The van der Waals surface area contributed by atoms with Crippen LogP contribution < -0.4 is 0 Å². The molecule has 4 aliphatic rings. The van der Waals surface area contributed by atoms with E-state index in [-0.39, 0.29) is 10.8 Å². The van der Waals surface area contributed by atoms with Crippen LogP contribution in [-0.4, -0.2) is 11.6 Å². The maximum absolute atomic E-state index is 12.7. The maximum atomic E-state index is 12.7. The van der Waals surface area contributed by atoms with Crippen LogP contribution in [-0.2, 0) is 9.59 Å². The van der Waals surface area contributed by atoms with Gasteiger partial charge in [-0.3, -0.25) is 9.59 Å². The minimum absolute atomic E-state index is 0.102. The van der Waals surface area contributed by atoms with Crippen molar-refractivity contribution in [2.45, 2.75) is 65.2 Å². The van der Waals surface area contributed by atoms with Crippen LogP contribution in [0.2, 0.25) is 0 Å². The van der Waals surface area contributed by atoms with Crippen molar-refractivity contribution in [1.29, 1.82) is 0 Å². The average molecular weight is 286 g/mol. The van der Waals surface area contributed by atoms with Crippen molar-refractivity contribution >= 4 is 11.6 Å². The molecule has 5 atom stereocenters. The number of hydrogen-bond donors (Lipinski definition) is 0. The predicted octanol–water partition coefficient (Wildman–Crippen LogP) is 4.09. The average Bonchev–Trinajstić information content (AvgIpc) is 2.75. The Morgan fingerprint density at radius 3 is 2.62 bits per heavy atom. The van der Waals surface area contributed by atoms with Crippen molar-refractivity contribution in [3.05, 3.63) is 11.6 Å². The highest BCUT2D eigenvalue weighted by atomic mass is 16.1. The van der Waals surface area contributed by atoms with Crippen molar-refractivity contribution < 1.29 is 9.59 Å². The molecule has 0 aromatic heterocycles. The lowest BCUT2D eigenvalue weighted by Gasteiger charge is -2.56. The molecule has 0 aromatic rings. The van der Waals surface area contributed by atoms with E-state index in [1.54, 1.807) is 0 Å². The number of carbonyl (C=O) groups excluding carboxylic acids is 2. The van der Waals surface area contributed by atoms with E-state index in [1.807, 2.05) is 0 Å². The summed E-state index contributed by atoms with van der Waals surface area (Å²) in [5.41, 5.74) is 1.13. The highest BCUT2D eigenvalue weighted by Crippen LogP contribution is 2.63. The van der Waals surface area contributed by atoms with Gasteiger partial charge in [-0.15, -0.1) is 0 Å². The van der Waals surface area contributed by atoms with Gasteiger partial charge in [-0.05, 0) is 67.3 Å². The van der Waals surface area contributed by atoms with E-state index in [1.165, 1.54) is 12.8 Å². The molecule has 0 radical (unpaired) electrons. The fraction of sp³-hybridized carbons (Fsp3) is 0.789. The highest BCUT2D eigenvalue weighted by Gasteiger charge is 2.60. The zero-order chi connectivity index (χ0) is 14.8. The third-order valence-electron chi connectivity index (χ3n) is 7.55. The summed E-state index contributed by atoms with van der Waals surface area (Å²) in [6.45, 7) is 4.52. The number of Topliss-reactive ketones (excluding diaryl/α,β-unsaturated/α-hetero) is 2. The second kappa shape index (κ2) is 4.30. The Balaban J connectivity index is 1.75. The van der Waals surface area contributed by atoms with Gasteiger partial charge in [0.15, 0.2) is 5.78 Å². The molecule has 4 aliphatic carbocycles. The molecule has 21 heavy (non-hydrogen) atoms. The van der Waals surface area contributed by atoms with Crippen LogP contribution >= 0.6 is 0 Å². The van der Waals surface area contributed by atoms with Crippen molar-refractivity contribution in [2.24, 2.45) is 28.6 Å². The van der Waals surface area contributed by atoms with Crippen LogP contribution in [0.15, 0.2) is 11.6 Å². The molecule has 0 heterocycles. The first-order chi connectivity index (χ1) is 9.97. The molecule has 3 fully saturated rings. The lowest BCUT2D eigenvalue weighted by molar-refractivity contribution is -0.137. The fourth-order valence-electron chi connectivity index (χ4n) is 6.36. The number of hydrogen-bond acceptors (Lipinski definition) is 2. The standard InChI is InChI=1S/C19H26O2/c1-18-9-4-3-5-15(18)16(20)11-12-13-6-7-17(21)19(13,2)10-8-14(12)18/h5,12-14H,3-4,6-11H2,1-2H3/t12?,13?,14?,18-,19+/m1/s1. The van der Waals surface area contributed by atoms with Gasteiger partial charge in [0.1, 0.15) is 5.78 Å². The van der Waals surface area contributed by atoms with Gasteiger partial charge < -0.3 is 0 Å². The molecule has 3 unspecified atom stereocenters. The van der Waals surface area contributed by atoms with E-state index in [0.29, 0.717) is 35.7 Å². The Kier molecular flexibility index (Phi) is 2.81. The molecule has 0 aromatic carbocycles. The predicted molar refractivity (Wildman–Crippen MR) is 81.7 cm³/mol. The molecule has 3 saturated carbocycles. The Bertz CT molecular complexity index is 546. The Morgan fingerprint density at radius 1 is 1.05 bits per heavy atom. The van der Waals surface area contributed by atoms with Crippen molar-refractivity contribution in [2.75, 3.05) is 0 Å². The molecule has 4 rings (SSSR count). The largest absolute Gasteiger partial charge is 0.299 e. The van der Waals surface area contributed by atoms with Gasteiger partial charge in [0, 0.05) is 18.3 Å². The van der Waals surface area contributed by atoms with Crippen LogP contribution in [0, 0.1) is 28.6 Å². The van der Waals surface area contributed by atoms with Crippen molar-refractivity contribution in [1.82, 2.24) is 0 Å². The molecule has 0 spiro atoms. The molecule has 0 aliphatic heterocycles. The normalized spacial score (nSPS) is 49.2. The summed E-state index contributed by atoms with van der Waals surface area (Å²) in [5, 5.41) is 0. The molecule has 0 N–H and O–H groups in total. The summed E-state index contributed by atoms with van der Waals surface area (Å²) in [7, 11) is 0. The van der Waals surface area contributed by atoms with Crippen molar-refractivity contribution in [3.8, 4) is 0 Å². The molecular formula is C19H26O2. The smallest absolute Gasteiger partial charge is 0.159 e. The van der Waals surface area contributed by atoms with Gasteiger partial charge in [-0.2, -0.15) is 0 Å². The van der Waals surface area contributed by atoms with E-state index in [2.05, 4.69) is 19.9 Å². The third kappa shape index (κ3) is 1.65. The van der Waals surface area contributed by atoms with Crippen LogP contribution in [0.4, 0.5) is 0 Å². The van der Waals surface area contributed by atoms with Crippen LogP contribution in [0.1, 0.15) is 65.2 Å². The first-order valence-corrected chi connectivity index (χ1v) is 8.74. The van der Waals surface area contributed by atoms with Gasteiger partial charge in [-0.1, -0.05) is 19.9 Å². The van der Waals surface area contributed by atoms with Gasteiger partial charge in [0.05, 0.1) is 0 Å². The first kappa shape index (κ1) is 13.7. The monoisotopic (exact) mass is 286 g/mol. The fourth-order valence-corrected chi connectivity index (χ4v) is 6.36. The summed E-state index contributed by atoms with van der Waals surface area (Å²) >= 11 is 0. The minimum Gasteiger partial charge on any atom is -0.299 e. The van der Waals surface area contributed by atoms with Crippen LogP contribution in [0.25, 0.3) is 0 Å². The number of allylic oxidation sites excluding steroid dienone is 2. The summed E-state index contributed by atoms with van der Waals surface area (Å²) in [6.07, 6.45) is 10.4. The topological polar surface area (TPSA) is 34.1 Å². The zero-order valence-corrected chi connectivity index (χ0v) is 13.3. The number of fused-ring (bicyclic) bond motifs is 5. The lowest BCUT2D eigenvalue weighted by atomic mass is 9.47. The van der Waals surface area contributed by atoms with E-state index >= 15 is 0 Å². The molecule has 0 bridgehead atoms. The number of rotatable bonds is 0. The lowest BCUT2D eigenvalue weighted by Crippen LogP contribution is -2.52. The van der Waals surface area contributed by atoms with E-state index in [9.17, 15) is 9.59 Å². The number of ketones is 2. The zero-order valence-electron chi connectivity index (χ0n) is 13.3.